The van der Waals surface area contributed by atoms with Gasteiger partial charge in [0.25, 0.3) is 0 Å². The van der Waals surface area contributed by atoms with Gasteiger partial charge in [0, 0.05) is 23.9 Å². The second-order valence-corrected chi connectivity index (χ2v) is 8.71. The van der Waals surface area contributed by atoms with E-state index in [0.29, 0.717) is 6.54 Å². The summed E-state index contributed by atoms with van der Waals surface area (Å²) in [6.45, 7) is 4.89. The molecule has 1 unspecified atom stereocenters. The zero-order valence-electron chi connectivity index (χ0n) is 14.1. The van der Waals surface area contributed by atoms with Gasteiger partial charge in [-0.25, -0.2) is 8.42 Å². The fraction of sp³-hybridized carbons (Fsp3) is 0.588. The van der Waals surface area contributed by atoms with Crippen LogP contribution in [0.15, 0.2) is 24.3 Å². The molecule has 1 aromatic carbocycles. The molecule has 6 heteroatoms. The van der Waals surface area contributed by atoms with Crippen LogP contribution in [0.5, 0.6) is 0 Å². The first-order chi connectivity index (χ1) is 10.7. The Morgan fingerprint density at radius 2 is 1.91 bits per heavy atom. The van der Waals surface area contributed by atoms with Gasteiger partial charge in [-0.05, 0) is 30.9 Å². The zero-order valence-corrected chi connectivity index (χ0v) is 14.9. The van der Waals surface area contributed by atoms with Crippen LogP contribution in [-0.2, 0) is 20.0 Å². The Morgan fingerprint density at radius 3 is 2.48 bits per heavy atom. The monoisotopic (exact) mass is 338 g/mol. The standard InChI is InChI=1S/C17H26N2O3S/c1-4-17(5-2)12-19(15-9-7-6-8-13(15)17)16(20)14(18)10-11-23(3,21)22/h6-9,14H,4-5,10-12,18H2,1-3H3. The summed E-state index contributed by atoms with van der Waals surface area (Å²) in [6.07, 6.45) is 3.21. The quantitative estimate of drug-likeness (QED) is 0.858. The number of sulfone groups is 1. The van der Waals surface area contributed by atoms with E-state index >= 15 is 0 Å². The van der Waals surface area contributed by atoms with Gasteiger partial charge in [-0.15, -0.1) is 0 Å². The molecule has 0 saturated carbocycles. The number of hydrogen-bond donors (Lipinski definition) is 1. The van der Waals surface area contributed by atoms with Crippen molar-refractivity contribution in [3.8, 4) is 0 Å². The van der Waals surface area contributed by atoms with Crippen LogP contribution < -0.4 is 10.6 Å². The Bertz CT molecular complexity index is 681. The summed E-state index contributed by atoms with van der Waals surface area (Å²) in [7, 11) is -3.12. The molecule has 1 aromatic rings. The summed E-state index contributed by atoms with van der Waals surface area (Å²) >= 11 is 0. The zero-order chi connectivity index (χ0) is 17.3. The van der Waals surface area contributed by atoms with E-state index in [1.165, 1.54) is 5.56 Å². The molecule has 1 aliphatic heterocycles. The van der Waals surface area contributed by atoms with Gasteiger partial charge in [-0.1, -0.05) is 32.0 Å². The number of nitrogens with zero attached hydrogens (tertiary/aromatic N) is 1. The summed E-state index contributed by atoms with van der Waals surface area (Å²) in [5.41, 5.74) is 8.04. The minimum absolute atomic E-state index is 0.0389. The van der Waals surface area contributed by atoms with E-state index in [-0.39, 0.29) is 23.5 Å². The lowest BCUT2D eigenvalue weighted by atomic mass is 9.78. The van der Waals surface area contributed by atoms with E-state index in [2.05, 4.69) is 19.9 Å². The van der Waals surface area contributed by atoms with E-state index in [9.17, 15) is 13.2 Å². The summed E-state index contributed by atoms with van der Waals surface area (Å²) in [6, 6.07) is 7.16. The van der Waals surface area contributed by atoms with Crippen LogP contribution in [-0.4, -0.2) is 38.9 Å². The molecule has 0 radical (unpaired) electrons. The van der Waals surface area contributed by atoms with Crippen LogP contribution in [0.4, 0.5) is 5.69 Å². The molecule has 2 N–H and O–H groups in total. The van der Waals surface area contributed by atoms with E-state index in [1.54, 1.807) is 4.90 Å². The maximum absolute atomic E-state index is 12.8. The maximum Gasteiger partial charge on any atom is 0.243 e. The van der Waals surface area contributed by atoms with E-state index in [1.807, 2.05) is 18.2 Å². The first kappa shape index (κ1) is 17.9. The topological polar surface area (TPSA) is 80.5 Å². The molecule has 5 nitrogen and oxygen atoms in total. The Morgan fingerprint density at radius 1 is 1.30 bits per heavy atom. The first-order valence-electron chi connectivity index (χ1n) is 8.08. The molecule has 0 bridgehead atoms. The minimum Gasteiger partial charge on any atom is -0.320 e. The molecular weight excluding hydrogens is 312 g/mol. The van der Waals surface area contributed by atoms with E-state index in [0.717, 1.165) is 24.8 Å². The number of carbonyl (C=O) groups excluding carboxylic acids is 1. The molecule has 23 heavy (non-hydrogen) atoms. The highest BCUT2D eigenvalue weighted by molar-refractivity contribution is 7.90. The Balaban J connectivity index is 2.25. The second kappa shape index (κ2) is 6.61. The van der Waals surface area contributed by atoms with Crippen molar-refractivity contribution in [1.82, 2.24) is 0 Å². The number of carbonyl (C=O) groups is 1. The molecule has 2 rings (SSSR count). The van der Waals surface area contributed by atoms with Crippen molar-refractivity contribution in [3.05, 3.63) is 29.8 Å². The Kier molecular flexibility index (Phi) is 5.16. The average Bonchev–Trinajstić information content (AvgIpc) is 2.86. The van der Waals surface area contributed by atoms with Gasteiger partial charge >= 0.3 is 0 Å². The lowest BCUT2D eigenvalue weighted by Crippen LogP contribution is -2.46. The highest BCUT2D eigenvalue weighted by atomic mass is 32.2. The van der Waals surface area contributed by atoms with Gasteiger partial charge in [0.2, 0.25) is 5.91 Å². The van der Waals surface area contributed by atoms with Gasteiger partial charge < -0.3 is 10.6 Å². The number of hydrogen-bond acceptors (Lipinski definition) is 4. The number of benzene rings is 1. The average molecular weight is 338 g/mol. The summed E-state index contributed by atoms with van der Waals surface area (Å²) in [5, 5.41) is 0. The third-order valence-corrected chi connectivity index (χ3v) is 5.94. The molecule has 1 aliphatic rings. The summed E-state index contributed by atoms with van der Waals surface area (Å²) in [4.78, 5) is 14.5. The summed E-state index contributed by atoms with van der Waals surface area (Å²) in [5.74, 6) is -0.257. The van der Waals surface area contributed by atoms with Crippen LogP contribution >= 0.6 is 0 Å². The van der Waals surface area contributed by atoms with Crippen LogP contribution in [0.3, 0.4) is 0 Å². The highest BCUT2D eigenvalue weighted by Crippen LogP contribution is 2.45. The number of para-hydroxylation sites is 1. The molecule has 1 atom stereocenters. The molecule has 0 aromatic heterocycles. The van der Waals surface area contributed by atoms with Crippen molar-refractivity contribution >= 4 is 21.4 Å². The fourth-order valence-electron chi connectivity index (χ4n) is 3.35. The smallest absolute Gasteiger partial charge is 0.243 e. The molecule has 128 valence electrons. The lowest BCUT2D eigenvalue weighted by Gasteiger charge is -2.28. The number of fused-ring (bicyclic) bond motifs is 1. The van der Waals surface area contributed by atoms with Gasteiger partial charge in [-0.3, -0.25) is 4.79 Å². The number of amides is 1. The van der Waals surface area contributed by atoms with E-state index in [4.69, 9.17) is 5.73 Å². The van der Waals surface area contributed by atoms with Crippen molar-refractivity contribution in [1.29, 1.82) is 0 Å². The normalized spacial score (nSPS) is 17.8. The predicted molar refractivity (Wildman–Crippen MR) is 93.4 cm³/mol. The summed E-state index contributed by atoms with van der Waals surface area (Å²) < 4.78 is 22.6. The van der Waals surface area contributed by atoms with Crippen LogP contribution in [0.2, 0.25) is 0 Å². The molecular formula is C17H26N2O3S. The van der Waals surface area contributed by atoms with Crippen LogP contribution in [0.25, 0.3) is 0 Å². The van der Waals surface area contributed by atoms with Gasteiger partial charge in [-0.2, -0.15) is 0 Å². The van der Waals surface area contributed by atoms with Crippen molar-refractivity contribution < 1.29 is 13.2 Å². The third kappa shape index (κ3) is 3.58. The van der Waals surface area contributed by atoms with Crippen molar-refractivity contribution in [2.24, 2.45) is 5.73 Å². The first-order valence-corrected chi connectivity index (χ1v) is 10.1. The van der Waals surface area contributed by atoms with Crippen molar-refractivity contribution in [3.63, 3.8) is 0 Å². The van der Waals surface area contributed by atoms with Gasteiger partial charge in [0.1, 0.15) is 9.84 Å². The lowest BCUT2D eigenvalue weighted by molar-refractivity contribution is -0.119. The number of rotatable bonds is 6. The highest BCUT2D eigenvalue weighted by Gasteiger charge is 2.42. The predicted octanol–water partition coefficient (Wildman–Crippen LogP) is 1.85. The SMILES string of the molecule is CCC1(CC)CN(C(=O)C(N)CCS(C)(=O)=O)c2ccccc21. The molecule has 0 saturated heterocycles. The second-order valence-electron chi connectivity index (χ2n) is 6.45. The molecule has 0 aliphatic carbocycles. The van der Waals surface area contributed by atoms with E-state index < -0.39 is 15.9 Å². The molecule has 0 fully saturated rings. The fourth-order valence-corrected chi connectivity index (χ4v) is 4.03. The van der Waals surface area contributed by atoms with Gasteiger partial charge in [0.15, 0.2) is 0 Å². The van der Waals surface area contributed by atoms with Crippen molar-refractivity contribution in [2.75, 3.05) is 23.5 Å². The minimum atomic E-state index is -3.12. The molecule has 0 spiro atoms. The Labute approximate surface area is 138 Å². The number of anilines is 1. The van der Waals surface area contributed by atoms with Crippen LogP contribution in [0, 0.1) is 0 Å². The van der Waals surface area contributed by atoms with Gasteiger partial charge in [0.05, 0.1) is 11.8 Å². The number of nitrogens with two attached hydrogens (primary N) is 1. The largest absolute Gasteiger partial charge is 0.320 e. The third-order valence-electron chi connectivity index (χ3n) is 4.96. The maximum atomic E-state index is 12.8. The van der Waals surface area contributed by atoms with Crippen LogP contribution in [0.1, 0.15) is 38.7 Å². The molecule has 1 amide bonds. The van der Waals surface area contributed by atoms with Crippen molar-refractivity contribution in [2.45, 2.75) is 44.6 Å². The Hall–Kier alpha value is -1.40. The molecule has 1 heterocycles.